The number of nitro groups is 1. The van der Waals surface area contributed by atoms with Crippen molar-refractivity contribution in [3.63, 3.8) is 0 Å². The minimum absolute atomic E-state index is 0.121. The normalized spacial score (nSPS) is 9.50. The van der Waals surface area contributed by atoms with E-state index in [0.29, 0.717) is 0 Å². The molecule has 5 heteroatoms. The monoisotopic (exact) mass is 278 g/mol. The number of nitrogens with zero attached hydrogens (tertiary/aromatic N) is 2. The molecule has 0 saturated carbocycles. The smallest absolute Gasteiger partial charge is 0.271 e. The van der Waals surface area contributed by atoms with Crippen molar-refractivity contribution in [1.82, 2.24) is 0 Å². The van der Waals surface area contributed by atoms with E-state index in [1.807, 2.05) is 13.1 Å². The number of rotatable bonds is 2. The lowest BCUT2D eigenvalue weighted by molar-refractivity contribution is -0.384. The summed E-state index contributed by atoms with van der Waals surface area (Å²) in [5, 5.41) is 10.4. The fourth-order valence-corrected chi connectivity index (χ4v) is 1.10. The maximum atomic E-state index is 10.4. The van der Waals surface area contributed by atoms with Gasteiger partial charge in [0.15, 0.2) is 0 Å². The Bertz CT molecular complexity index is 301. The average molecular weight is 278 g/mol. The molecule has 0 aromatic heterocycles. The van der Waals surface area contributed by atoms with Crippen LogP contribution < -0.4 is 3.11 Å². The van der Waals surface area contributed by atoms with Crippen LogP contribution in [0.25, 0.3) is 0 Å². The zero-order valence-electron chi connectivity index (χ0n) is 6.40. The Hall–Kier alpha value is -0.850. The molecule has 4 nitrogen and oxygen atoms in total. The van der Waals surface area contributed by atoms with Crippen LogP contribution in [0.3, 0.4) is 0 Å². The van der Waals surface area contributed by atoms with Gasteiger partial charge in [0.05, 0.1) is 33.5 Å². The van der Waals surface area contributed by atoms with Crippen LogP contribution in [0.1, 0.15) is 0 Å². The summed E-state index contributed by atoms with van der Waals surface area (Å²) < 4.78 is 1.80. The van der Waals surface area contributed by atoms with Crippen LogP contribution in [-0.2, 0) is 0 Å². The zero-order valence-corrected chi connectivity index (χ0v) is 8.56. The Kier molecular flexibility index (Phi) is 2.85. The van der Waals surface area contributed by atoms with Crippen LogP contribution in [0, 0.1) is 10.1 Å². The summed E-state index contributed by atoms with van der Waals surface area (Å²) in [6.45, 7) is 0. The predicted octanol–water partition coefficient (Wildman–Crippen LogP) is 2.38. The topological polar surface area (TPSA) is 46.4 Å². The summed E-state index contributed by atoms with van der Waals surface area (Å²) in [4.78, 5) is 9.96. The summed E-state index contributed by atoms with van der Waals surface area (Å²) >= 11 is 2.06. The van der Waals surface area contributed by atoms with E-state index in [0.717, 1.165) is 5.69 Å². The lowest BCUT2D eigenvalue weighted by atomic mass is 10.3. The van der Waals surface area contributed by atoms with E-state index in [2.05, 4.69) is 22.9 Å². The Balaban J connectivity index is 3.04. The molecule has 0 N–H and O–H groups in total. The number of benzene rings is 1. The first kappa shape index (κ1) is 9.24. The van der Waals surface area contributed by atoms with E-state index in [9.17, 15) is 10.1 Å². The second kappa shape index (κ2) is 3.70. The summed E-state index contributed by atoms with van der Waals surface area (Å²) in [7, 11) is 1.83. The molecule has 0 aliphatic heterocycles. The van der Waals surface area contributed by atoms with E-state index < -0.39 is 4.92 Å². The minimum Gasteiger partial charge on any atom is -0.318 e. The van der Waals surface area contributed by atoms with E-state index in [1.165, 1.54) is 12.1 Å². The first-order valence-electron chi connectivity index (χ1n) is 3.25. The van der Waals surface area contributed by atoms with Crippen molar-refractivity contribution in [2.75, 3.05) is 10.2 Å². The maximum absolute atomic E-state index is 10.4. The zero-order chi connectivity index (χ0) is 9.14. The van der Waals surface area contributed by atoms with Crippen LogP contribution in [0.15, 0.2) is 24.3 Å². The number of halogens is 1. The van der Waals surface area contributed by atoms with E-state index in [-0.39, 0.29) is 5.69 Å². The molecule has 0 saturated heterocycles. The lowest BCUT2D eigenvalue weighted by Crippen LogP contribution is -1.99. The van der Waals surface area contributed by atoms with E-state index in [1.54, 1.807) is 9.18 Å². The lowest BCUT2D eigenvalue weighted by Gasteiger charge is -2.07. The van der Waals surface area contributed by atoms with Crippen LogP contribution in [0.4, 0.5) is 11.4 Å². The van der Waals surface area contributed by atoms with Gasteiger partial charge >= 0.3 is 0 Å². The second-order valence-corrected chi connectivity index (χ2v) is 3.70. The Morgan fingerprint density at radius 2 is 2.25 bits per heavy atom. The number of anilines is 1. The fraction of sp³-hybridized carbons (Fsp3) is 0.143. The van der Waals surface area contributed by atoms with Crippen LogP contribution in [0.2, 0.25) is 0 Å². The first-order chi connectivity index (χ1) is 5.61. The Morgan fingerprint density at radius 3 is 2.75 bits per heavy atom. The molecule has 64 valence electrons. The Labute approximate surface area is 83.8 Å². The summed E-state index contributed by atoms with van der Waals surface area (Å²) in [5.74, 6) is 0. The quantitative estimate of drug-likeness (QED) is 0.361. The van der Waals surface area contributed by atoms with Crippen LogP contribution in [0.5, 0.6) is 0 Å². The van der Waals surface area contributed by atoms with Gasteiger partial charge in [-0.2, -0.15) is 0 Å². The highest BCUT2D eigenvalue weighted by atomic mass is 127. The van der Waals surface area contributed by atoms with Gasteiger partial charge in [-0.05, 0) is 6.07 Å². The third-order valence-electron chi connectivity index (χ3n) is 1.40. The maximum Gasteiger partial charge on any atom is 0.271 e. The highest BCUT2D eigenvalue weighted by molar-refractivity contribution is 14.1. The van der Waals surface area contributed by atoms with Gasteiger partial charge in [-0.15, -0.1) is 0 Å². The summed E-state index contributed by atoms with van der Waals surface area (Å²) in [6.07, 6.45) is 0. The van der Waals surface area contributed by atoms with Crippen molar-refractivity contribution < 1.29 is 4.92 Å². The standard InChI is InChI=1S/C7H7IN2O2/c1-9(8)6-3-2-4-7(5-6)10(11)12/h2-5H,1H3. The van der Waals surface area contributed by atoms with Gasteiger partial charge in [-0.1, -0.05) is 6.07 Å². The minimum atomic E-state index is -0.399. The summed E-state index contributed by atoms with van der Waals surface area (Å²) in [6, 6.07) is 6.50. The largest absolute Gasteiger partial charge is 0.318 e. The van der Waals surface area contributed by atoms with Crippen LogP contribution >= 0.6 is 22.9 Å². The van der Waals surface area contributed by atoms with Crippen molar-refractivity contribution >= 4 is 34.2 Å². The Morgan fingerprint density at radius 1 is 1.58 bits per heavy atom. The van der Waals surface area contributed by atoms with Gasteiger partial charge in [0.25, 0.3) is 5.69 Å². The average Bonchev–Trinajstić information content (AvgIpc) is 2.04. The van der Waals surface area contributed by atoms with E-state index in [4.69, 9.17) is 0 Å². The molecule has 0 amide bonds. The van der Waals surface area contributed by atoms with Crippen molar-refractivity contribution in [1.29, 1.82) is 0 Å². The molecule has 0 aliphatic carbocycles. The number of hydrogen-bond acceptors (Lipinski definition) is 3. The highest BCUT2D eigenvalue weighted by Gasteiger charge is 2.06. The molecule has 0 heterocycles. The van der Waals surface area contributed by atoms with Gasteiger partial charge < -0.3 is 3.11 Å². The van der Waals surface area contributed by atoms with Crippen molar-refractivity contribution in [2.24, 2.45) is 0 Å². The van der Waals surface area contributed by atoms with Gasteiger partial charge in [-0.3, -0.25) is 10.1 Å². The van der Waals surface area contributed by atoms with Gasteiger partial charge in [-0.25, -0.2) is 0 Å². The van der Waals surface area contributed by atoms with Gasteiger partial charge in [0.1, 0.15) is 0 Å². The molecule has 1 rings (SSSR count). The number of hydrogen-bond donors (Lipinski definition) is 0. The molecular formula is C7H7IN2O2. The SMILES string of the molecule is CN(I)c1cccc([N+](=O)[O-])c1. The third kappa shape index (κ3) is 2.07. The second-order valence-electron chi connectivity index (χ2n) is 2.25. The van der Waals surface area contributed by atoms with Gasteiger partial charge in [0, 0.05) is 19.2 Å². The number of non-ortho nitro benzene ring substituents is 1. The van der Waals surface area contributed by atoms with Crippen molar-refractivity contribution in [3.05, 3.63) is 34.4 Å². The van der Waals surface area contributed by atoms with Crippen molar-refractivity contribution in [2.45, 2.75) is 0 Å². The van der Waals surface area contributed by atoms with E-state index >= 15 is 0 Å². The fourth-order valence-electron chi connectivity index (χ4n) is 0.798. The molecule has 0 unspecified atom stereocenters. The van der Waals surface area contributed by atoms with Crippen LogP contribution in [-0.4, -0.2) is 12.0 Å². The molecule has 0 aliphatic rings. The highest BCUT2D eigenvalue weighted by Crippen LogP contribution is 2.21. The molecular weight excluding hydrogens is 271 g/mol. The molecule has 12 heavy (non-hydrogen) atoms. The molecule has 0 bridgehead atoms. The first-order valence-corrected chi connectivity index (χ1v) is 4.21. The molecule has 0 fully saturated rings. The van der Waals surface area contributed by atoms with Crippen molar-refractivity contribution in [3.8, 4) is 0 Å². The number of nitro benzene ring substituents is 1. The van der Waals surface area contributed by atoms with Gasteiger partial charge in [0.2, 0.25) is 0 Å². The molecule has 1 aromatic rings. The summed E-state index contributed by atoms with van der Waals surface area (Å²) in [5.41, 5.74) is 0.945. The predicted molar refractivity (Wildman–Crippen MR) is 55.5 cm³/mol. The molecule has 0 atom stereocenters. The third-order valence-corrected chi connectivity index (χ3v) is 1.95. The molecule has 0 radical (unpaired) electrons. The molecule has 0 spiro atoms. The molecule has 1 aromatic carbocycles.